The Bertz CT molecular complexity index is 1580. The van der Waals surface area contributed by atoms with Gasteiger partial charge in [-0.05, 0) is 72.9 Å². The van der Waals surface area contributed by atoms with Crippen molar-refractivity contribution in [3.05, 3.63) is 105 Å². The molecule has 1 aromatic heterocycles. The van der Waals surface area contributed by atoms with Crippen LogP contribution in [0.4, 0.5) is 5.69 Å². The smallest absolute Gasteiger partial charge is 0.270 e. The van der Waals surface area contributed by atoms with Crippen LogP contribution in [-0.4, -0.2) is 16.9 Å². The molecule has 2 heterocycles. The number of carbonyl (C=O) groups is 2. The molecular formula is C26H15BrN2O5S. The maximum atomic E-state index is 13.3. The molecule has 35 heavy (non-hydrogen) atoms. The number of thiocarbonyl (C=S) groups is 1. The van der Waals surface area contributed by atoms with Gasteiger partial charge in [0.15, 0.2) is 10.5 Å². The quantitative estimate of drug-likeness (QED) is 0.215. The largest absolute Gasteiger partial charge is 0.463 e. The minimum atomic E-state index is -0.700. The highest BCUT2D eigenvalue weighted by atomic mass is 79.9. The number of ether oxygens (including phenoxy) is 1. The van der Waals surface area contributed by atoms with E-state index in [1.807, 2.05) is 30.3 Å². The average molecular weight is 547 g/mol. The first-order chi connectivity index (χ1) is 16.9. The van der Waals surface area contributed by atoms with Gasteiger partial charge in [-0.25, -0.2) is 0 Å². The molecule has 1 aliphatic heterocycles. The van der Waals surface area contributed by atoms with Gasteiger partial charge in [0.05, 0.1) is 16.6 Å². The zero-order chi connectivity index (χ0) is 24.5. The molecule has 1 aliphatic rings. The summed E-state index contributed by atoms with van der Waals surface area (Å²) in [5.41, 5.74) is 0.266. The lowest BCUT2D eigenvalue weighted by atomic mass is 10.1. The lowest BCUT2D eigenvalue weighted by Crippen LogP contribution is -2.54. The number of anilines is 1. The van der Waals surface area contributed by atoms with E-state index in [0.29, 0.717) is 32.6 Å². The van der Waals surface area contributed by atoms with E-state index >= 15 is 0 Å². The molecule has 9 heteroatoms. The summed E-state index contributed by atoms with van der Waals surface area (Å²) in [6.07, 6.45) is 2.44. The summed E-state index contributed by atoms with van der Waals surface area (Å²) in [5.74, 6) is -0.128. The second-order valence-electron chi connectivity index (χ2n) is 7.53. The molecule has 0 radical (unpaired) electrons. The summed E-state index contributed by atoms with van der Waals surface area (Å²) in [4.78, 5) is 40.0. The molecule has 1 N–H and O–H groups in total. The topological polar surface area (TPSA) is 88.8 Å². The van der Waals surface area contributed by atoms with Gasteiger partial charge in [-0.3, -0.25) is 24.6 Å². The van der Waals surface area contributed by atoms with E-state index in [0.717, 1.165) is 0 Å². The molecule has 1 fully saturated rings. The molecule has 0 aliphatic carbocycles. The number of hydrogen-bond acceptors (Lipinski definition) is 6. The van der Waals surface area contributed by atoms with Crippen molar-refractivity contribution < 1.29 is 18.7 Å². The highest BCUT2D eigenvalue weighted by Crippen LogP contribution is 2.27. The van der Waals surface area contributed by atoms with Gasteiger partial charge in [0.1, 0.15) is 28.9 Å². The van der Waals surface area contributed by atoms with Gasteiger partial charge in [-0.15, -0.1) is 0 Å². The van der Waals surface area contributed by atoms with Gasteiger partial charge in [0.2, 0.25) is 0 Å². The fraction of sp³-hybridized carbons (Fsp3) is 0. The summed E-state index contributed by atoms with van der Waals surface area (Å²) < 4.78 is 12.0. The second kappa shape index (κ2) is 9.28. The summed E-state index contributed by atoms with van der Waals surface area (Å²) in [6.45, 7) is 0. The molecule has 0 bridgehead atoms. The van der Waals surface area contributed by atoms with E-state index in [-0.39, 0.29) is 21.7 Å². The molecule has 0 spiro atoms. The van der Waals surface area contributed by atoms with Crippen molar-refractivity contribution in [1.82, 2.24) is 5.32 Å². The first-order valence-corrected chi connectivity index (χ1v) is 11.6. The van der Waals surface area contributed by atoms with Crippen molar-refractivity contribution in [1.29, 1.82) is 0 Å². The predicted octanol–water partition coefficient (Wildman–Crippen LogP) is 5.18. The molecule has 0 atom stereocenters. The van der Waals surface area contributed by atoms with Crippen molar-refractivity contribution >= 4 is 67.8 Å². The zero-order valence-corrected chi connectivity index (χ0v) is 20.3. The Kier molecular flexibility index (Phi) is 6.02. The number of fused-ring (bicyclic) bond motifs is 1. The molecule has 3 aromatic carbocycles. The summed E-state index contributed by atoms with van der Waals surface area (Å²) in [7, 11) is 0. The van der Waals surface area contributed by atoms with E-state index in [9.17, 15) is 14.4 Å². The normalized spacial score (nSPS) is 14.9. The molecule has 1 saturated heterocycles. The third-order valence-corrected chi connectivity index (χ3v) is 6.01. The second-order valence-corrected chi connectivity index (χ2v) is 8.83. The molecule has 172 valence electrons. The SMILES string of the molecule is O=C1NC(=S)N(c2ccc(Oc3ccccc3)cc2)C(=O)C1=Cc1coc2ccc(Br)cc2c1=O. The first-order valence-electron chi connectivity index (χ1n) is 10.4. The lowest BCUT2D eigenvalue weighted by Gasteiger charge is -2.29. The van der Waals surface area contributed by atoms with Crippen LogP contribution in [-0.2, 0) is 9.59 Å². The van der Waals surface area contributed by atoms with Crippen molar-refractivity contribution in [2.45, 2.75) is 0 Å². The highest BCUT2D eigenvalue weighted by Gasteiger charge is 2.34. The Morgan fingerprint density at radius 3 is 2.40 bits per heavy atom. The number of para-hydroxylation sites is 1. The number of amides is 2. The van der Waals surface area contributed by atoms with Gasteiger partial charge < -0.3 is 9.15 Å². The van der Waals surface area contributed by atoms with Crippen molar-refractivity contribution in [2.24, 2.45) is 0 Å². The maximum absolute atomic E-state index is 13.3. The van der Waals surface area contributed by atoms with Crippen LogP contribution in [0.15, 0.2) is 98.3 Å². The number of benzene rings is 3. The molecule has 0 unspecified atom stereocenters. The number of hydrogen-bond donors (Lipinski definition) is 1. The molecular weight excluding hydrogens is 532 g/mol. The van der Waals surface area contributed by atoms with Gasteiger partial charge in [-0.2, -0.15) is 0 Å². The van der Waals surface area contributed by atoms with Crippen molar-refractivity contribution in [3.8, 4) is 11.5 Å². The van der Waals surface area contributed by atoms with Crippen LogP contribution < -0.4 is 20.4 Å². The first kappa shape index (κ1) is 22.7. The number of rotatable bonds is 4. The fourth-order valence-corrected chi connectivity index (χ4v) is 4.20. The minimum absolute atomic E-state index is 0.0634. The van der Waals surface area contributed by atoms with Crippen LogP contribution in [0.25, 0.3) is 17.0 Å². The van der Waals surface area contributed by atoms with Gasteiger partial charge in [0.25, 0.3) is 11.8 Å². The van der Waals surface area contributed by atoms with Crippen LogP contribution in [0.5, 0.6) is 11.5 Å². The van der Waals surface area contributed by atoms with Crippen LogP contribution in [0.3, 0.4) is 0 Å². The molecule has 0 saturated carbocycles. The molecule has 5 rings (SSSR count). The standard InChI is InChI=1S/C26H15BrN2O5S/c27-16-6-11-22-20(13-16)23(30)15(14-33-22)12-21-24(31)28-26(35)29(25(21)32)17-7-9-19(10-8-17)34-18-4-2-1-3-5-18/h1-14H,(H,28,31,35). The average Bonchev–Trinajstić information content (AvgIpc) is 2.85. The van der Waals surface area contributed by atoms with E-state index in [1.54, 1.807) is 42.5 Å². The third kappa shape index (κ3) is 4.51. The van der Waals surface area contributed by atoms with Crippen LogP contribution in [0.2, 0.25) is 0 Å². The summed E-state index contributed by atoms with van der Waals surface area (Å²) in [5, 5.41) is 2.76. The van der Waals surface area contributed by atoms with Crippen LogP contribution >= 0.6 is 28.1 Å². The van der Waals surface area contributed by atoms with Crippen LogP contribution in [0.1, 0.15) is 5.56 Å². The Balaban J connectivity index is 1.47. The summed E-state index contributed by atoms with van der Waals surface area (Å²) >= 11 is 8.58. The molecule has 4 aromatic rings. The van der Waals surface area contributed by atoms with E-state index in [2.05, 4.69) is 21.2 Å². The molecule has 7 nitrogen and oxygen atoms in total. The van der Waals surface area contributed by atoms with Gasteiger partial charge in [-0.1, -0.05) is 34.1 Å². The Morgan fingerprint density at radius 1 is 0.943 bits per heavy atom. The highest BCUT2D eigenvalue weighted by molar-refractivity contribution is 9.10. The Hall–Kier alpha value is -4.08. The third-order valence-electron chi connectivity index (χ3n) is 5.24. The van der Waals surface area contributed by atoms with Gasteiger partial charge >= 0.3 is 0 Å². The monoisotopic (exact) mass is 546 g/mol. The predicted molar refractivity (Wildman–Crippen MR) is 139 cm³/mol. The lowest BCUT2D eigenvalue weighted by molar-refractivity contribution is -0.122. The Morgan fingerprint density at radius 2 is 1.66 bits per heavy atom. The van der Waals surface area contributed by atoms with E-state index < -0.39 is 11.8 Å². The van der Waals surface area contributed by atoms with E-state index in [1.165, 1.54) is 17.2 Å². The number of nitrogens with one attached hydrogen (secondary N) is 1. The van der Waals surface area contributed by atoms with Gasteiger partial charge in [0, 0.05) is 4.47 Å². The number of halogens is 1. The Labute approximate surface area is 212 Å². The number of carbonyl (C=O) groups excluding carboxylic acids is 2. The van der Waals surface area contributed by atoms with E-state index in [4.69, 9.17) is 21.4 Å². The molecule has 2 amide bonds. The van der Waals surface area contributed by atoms with Crippen molar-refractivity contribution in [2.75, 3.05) is 4.90 Å². The zero-order valence-electron chi connectivity index (χ0n) is 17.9. The van der Waals surface area contributed by atoms with Crippen LogP contribution in [0, 0.1) is 0 Å². The maximum Gasteiger partial charge on any atom is 0.270 e. The number of nitrogens with zero attached hydrogens (tertiary/aromatic N) is 1. The fourth-order valence-electron chi connectivity index (χ4n) is 3.55. The van der Waals surface area contributed by atoms with Crippen molar-refractivity contribution in [3.63, 3.8) is 0 Å². The minimum Gasteiger partial charge on any atom is -0.463 e. The summed E-state index contributed by atoms with van der Waals surface area (Å²) in [6, 6.07) is 21.0.